The highest BCUT2D eigenvalue weighted by Gasteiger charge is 2.15. The zero-order valence-electron chi connectivity index (χ0n) is 8.78. The van der Waals surface area contributed by atoms with Gasteiger partial charge in [-0.3, -0.25) is 0 Å². The van der Waals surface area contributed by atoms with E-state index in [0.717, 1.165) is 6.54 Å². The van der Waals surface area contributed by atoms with Gasteiger partial charge in [0.25, 0.3) is 0 Å². The minimum atomic E-state index is -0.737. The Kier molecular flexibility index (Phi) is 4.68. The van der Waals surface area contributed by atoms with Gasteiger partial charge in [0.15, 0.2) is 0 Å². The van der Waals surface area contributed by atoms with E-state index in [1.807, 2.05) is 7.05 Å². The normalized spacial score (nSPS) is 14.9. The second-order valence-electron chi connectivity index (χ2n) is 3.55. The molecular weight excluding hydrogens is 195 g/mol. The molecule has 4 N–H and O–H groups in total. The second-order valence-corrected chi connectivity index (χ2v) is 3.55. The van der Waals surface area contributed by atoms with E-state index in [9.17, 15) is 9.50 Å². The van der Waals surface area contributed by atoms with Crippen molar-refractivity contribution in [3.05, 3.63) is 35.6 Å². The van der Waals surface area contributed by atoms with Crippen LogP contribution in [-0.4, -0.2) is 24.7 Å². The summed E-state index contributed by atoms with van der Waals surface area (Å²) in [4.78, 5) is 0. The Morgan fingerprint density at radius 2 is 2.00 bits per heavy atom. The maximum atomic E-state index is 12.6. The molecule has 0 saturated heterocycles. The first kappa shape index (κ1) is 12.1. The van der Waals surface area contributed by atoms with Crippen LogP contribution in [0.4, 0.5) is 4.39 Å². The van der Waals surface area contributed by atoms with E-state index in [2.05, 4.69) is 5.32 Å². The number of halogens is 1. The van der Waals surface area contributed by atoms with Gasteiger partial charge in [-0.25, -0.2) is 4.39 Å². The molecule has 0 radical (unpaired) electrons. The molecule has 2 atom stereocenters. The minimum absolute atomic E-state index is 0.310. The van der Waals surface area contributed by atoms with Crippen LogP contribution in [0.3, 0.4) is 0 Å². The van der Waals surface area contributed by atoms with Gasteiger partial charge in [0.2, 0.25) is 0 Å². The van der Waals surface area contributed by atoms with Gasteiger partial charge < -0.3 is 16.2 Å². The molecule has 4 heteroatoms. The van der Waals surface area contributed by atoms with Crippen molar-refractivity contribution in [2.75, 3.05) is 13.6 Å². The highest BCUT2D eigenvalue weighted by molar-refractivity contribution is 5.19. The fourth-order valence-electron chi connectivity index (χ4n) is 1.38. The molecule has 0 heterocycles. The number of nitrogens with two attached hydrogens (primary N) is 1. The highest BCUT2D eigenvalue weighted by Crippen LogP contribution is 2.17. The monoisotopic (exact) mass is 212 g/mol. The van der Waals surface area contributed by atoms with Gasteiger partial charge in [-0.2, -0.15) is 0 Å². The Morgan fingerprint density at radius 1 is 1.40 bits per heavy atom. The van der Waals surface area contributed by atoms with Crippen LogP contribution in [0.1, 0.15) is 18.1 Å². The van der Waals surface area contributed by atoms with Gasteiger partial charge in [0.1, 0.15) is 5.82 Å². The van der Waals surface area contributed by atoms with Gasteiger partial charge in [-0.1, -0.05) is 12.1 Å². The first-order valence-corrected chi connectivity index (χ1v) is 4.99. The molecule has 0 aromatic heterocycles. The number of aliphatic hydroxyl groups is 1. The number of hydrogen-bond donors (Lipinski definition) is 3. The lowest BCUT2D eigenvalue weighted by molar-refractivity contribution is 0.142. The van der Waals surface area contributed by atoms with Crippen LogP contribution in [0.5, 0.6) is 0 Å². The third-order valence-corrected chi connectivity index (χ3v) is 2.34. The fraction of sp³-hybridized carbons (Fsp3) is 0.455. The number of benzene rings is 1. The summed E-state index contributed by atoms with van der Waals surface area (Å²) < 4.78 is 12.6. The van der Waals surface area contributed by atoms with Crippen LogP contribution < -0.4 is 11.1 Å². The van der Waals surface area contributed by atoms with Crippen LogP contribution in [0.15, 0.2) is 24.3 Å². The summed E-state index contributed by atoms with van der Waals surface area (Å²) in [6, 6.07) is 5.42. The van der Waals surface area contributed by atoms with Crippen molar-refractivity contribution in [3.8, 4) is 0 Å². The molecule has 0 aliphatic rings. The van der Waals surface area contributed by atoms with Gasteiger partial charge in [0.05, 0.1) is 6.10 Å². The maximum absolute atomic E-state index is 12.6. The molecule has 1 aromatic rings. The average Bonchev–Trinajstić information content (AvgIpc) is 2.26. The van der Waals surface area contributed by atoms with E-state index in [4.69, 9.17) is 5.73 Å². The maximum Gasteiger partial charge on any atom is 0.123 e. The standard InChI is InChI=1S/C11H17FN2O/c1-14-7-6-10(13)11(15)8-2-4-9(12)5-3-8/h2-5,10-11,14-15H,6-7,13H2,1H3. The lowest BCUT2D eigenvalue weighted by Gasteiger charge is -2.18. The molecule has 15 heavy (non-hydrogen) atoms. The summed E-state index contributed by atoms with van der Waals surface area (Å²) in [6.07, 6.45) is -0.0614. The minimum Gasteiger partial charge on any atom is -0.387 e. The molecule has 0 aliphatic heterocycles. The molecule has 2 unspecified atom stereocenters. The van der Waals surface area contributed by atoms with Crippen molar-refractivity contribution >= 4 is 0 Å². The van der Waals surface area contributed by atoms with E-state index < -0.39 is 6.10 Å². The zero-order valence-corrected chi connectivity index (χ0v) is 8.78. The summed E-state index contributed by atoms with van der Waals surface area (Å²) in [7, 11) is 1.83. The molecule has 0 aliphatic carbocycles. The topological polar surface area (TPSA) is 58.3 Å². The summed E-state index contributed by atoms with van der Waals surface area (Å²) in [5, 5.41) is 12.8. The van der Waals surface area contributed by atoms with Crippen LogP contribution in [0.25, 0.3) is 0 Å². The Hall–Kier alpha value is -0.970. The summed E-state index contributed by atoms with van der Waals surface area (Å²) in [6.45, 7) is 0.749. The number of hydrogen-bond acceptors (Lipinski definition) is 3. The quantitative estimate of drug-likeness (QED) is 0.676. The van der Waals surface area contributed by atoms with Crippen LogP contribution in [0.2, 0.25) is 0 Å². The lowest BCUT2D eigenvalue weighted by Crippen LogP contribution is -2.31. The Balaban J connectivity index is 2.59. The average molecular weight is 212 g/mol. The molecule has 1 aromatic carbocycles. The van der Waals surface area contributed by atoms with Crippen LogP contribution in [-0.2, 0) is 0 Å². The molecule has 3 nitrogen and oxygen atoms in total. The fourth-order valence-corrected chi connectivity index (χ4v) is 1.38. The van der Waals surface area contributed by atoms with Crippen molar-refractivity contribution in [3.63, 3.8) is 0 Å². The SMILES string of the molecule is CNCCC(N)C(O)c1ccc(F)cc1. The molecule has 0 fully saturated rings. The number of nitrogens with one attached hydrogen (secondary N) is 1. The Labute approximate surface area is 89.1 Å². The number of rotatable bonds is 5. The predicted molar refractivity (Wildman–Crippen MR) is 57.9 cm³/mol. The summed E-state index contributed by atoms with van der Waals surface area (Å²) in [5.74, 6) is -0.310. The summed E-state index contributed by atoms with van der Waals surface area (Å²) in [5.41, 5.74) is 6.44. The molecule has 0 saturated carbocycles. The molecule has 0 bridgehead atoms. The van der Waals surface area contributed by atoms with Gasteiger partial charge in [-0.05, 0) is 37.7 Å². The first-order chi connectivity index (χ1) is 7.15. The largest absolute Gasteiger partial charge is 0.387 e. The lowest BCUT2D eigenvalue weighted by atomic mass is 10.0. The van der Waals surface area contributed by atoms with Crippen LogP contribution >= 0.6 is 0 Å². The smallest absolute Gasteiger partial charge is 0.123 e. The molecule has 84 valence electrons. The van der Waals surface area contributed by atoms with Crippen LogP contribution in [0, 0.1) is 5.82 Å². The Bertz CT molecular complexity index is 289. The highest BCUT2D eigenvalue weighted by atomic mass is 19.1. The van der Waals surface area contributed by atoms with E-state index in [1.165, 1.54) is 12.1 Å². The zero-order chi connectivity index (χ0) is 11.3. The van der Waals surface area contributed by atoms with Gasteiger partial charge in [-0.15, -0.1) is 0 Å². The molecule has 0 amide bonds. The molecule has 0 spiro atoms. The van der Waals surface area contributed by atoms with Gasteiger partial charge >= 0.3 is 0 Å². The third kappa shape index (κ3) is 3.58. The van der Waals surface area contributed by atoms with E-state index in [1.54, 1.807) is 12.1 Å². The summed E-state index contributed by atoms with van der Waals surface area (Å²) >= 11 is 0. The van der Waals surface area contributed by atoms with Gasteiger partial charge in [0, 0.05) is 6.04 Å². The van der Waals surface area contributed by atoms with Crippen molar-refractivity contribution in [1.82, 2.24) is 5.32 Å². The third-order valence-electron chi connectivity index (χ3n) is 2.34. The van der Waals surface area contributed by atoms with Crippen molar-refractivity contribution in [2.24, 2.45) is 5.73 Å². The Morgan fingerprint density at radius 3 is 2.53 bits per heavy atom. The van der Waals surface area contributed by atoms with E-state index in [0.29, 0.717) is 12.0 Å². The van der Waals surface area contributed by atoms with Crippen molar-refractivity contribution < 1.29 is 9.50 Å². The predicted octanol–water partition coefficient (Wildman–Crippen LogP) is 0.796. The molecule has 1 rings (SSSR count). The van der Waals surface area contributed by atoms with E-state index >= 15 is 0 Å². The number of aliphatic hydroxyl groups excluding tert-OH is 1. The van der Waals surface area contributed by atoms with Crippen molar-refractivity contribution in [2.45, 2.75) is 18.6 Å². The second kappa shape index (κ2) is 5.80. The van der Waals surface area contributed by atoms with Crippen molar-refractivity contribution in [1.29, 1.82) is 0 Å². The molecular formula is C11H17FN2O. The van der Waals surface area contributed by atoms with E-state index in [-0.39, 0.29) is 11.9 Å². The first-order valence-electron chi connectivity index (χ1n) is 4.99.